The highest BCUT2D eigenvalue weighted by atomic mass is 15.2. The first kappa shape index (κ1) is 65.7. The molecule has 16 rings (SSSR count). The Morgan fingerprint density at radius 3 is 0.982 bits per heavy atom. The van der Waals surface area contributed by atoms with E-state index in [1.807, 2.05) is 12.1 Å². The maximum atomic E-state index is 9.90. The van der Waals surface area contributed by atoms with Gasteiger partial charge >= 0.3 is 0 Å². The van der Waals surface area contributed by atoms with Crippen LogP contribution >= 0.6 is 0 Å². The standard InChI is InChI=1S/C110H116BN3/c1-103(2,3)76-50-44-71(45-51-76)83-38-31-40-85(75-60-80(107(13,14)15)64-81(61-75)108(16,17)18)101(83)113-95-62-73(69-34-27-25-28-35-69)48-56-91(95)111-92-57-49-74(70-36-29-26-30-37-70)63-96(92)114(98-68-82(67-97(113)100(98)111)112-93-58-54-78(105(7,8)9)65-87(93)88-66-79(106(10,11)12)55-59-94(88)112)102-84(72-46-52-77(53-47-72)104(4,5)6)39-32-41-86(102)99-89(109(19,20)21)42-33-43-90(99)110(22,23)24/h25-68H,1-24H3/i25D,26D,27D,28D,29D,30D,34D,35D,36D,37D. The lowest BCUT2D eigenvalue weighted by Gasteiger charge is -2.46. The third-order valence-electron chi connectivity index (χ3n) is 24.0. The van der Waals surface area contributed by atoms with Crippen molar-refractivity contribution in [3.63, 3.8) is 0 Å². The minimum Gasteiger partial charge on any atom is -0.310 e. The van der Waals surface area contributed by atoms with E-state index in [1.54, 1.807) is 0 Å². The number of hydrogen-bond donors (Lipinski definition) is 0. The van der Waals surface area contributed by atoms with Crippen molar-refractivity contribution in [3.05, 3.63) is 311 Å². The Bertz CT molecular complexity index is 6550. The Labute approximate surface area is 696 Å². The zero-order valence-electron chi connectivity index (χ0n) is 81.5. The molecule has 0 N–H and O–H groups in total. The van der Waals surface area contributed by atoms with E-state index >= 15 is 0 Å². The molecule has 3 heterocycles. The van der Waals surface area contributed by atoms with Crippen LogP contribution in [0.1, 0.15) is 224 Å². The molecule has 574 valence electrons. The molecule has 13 aromatic carbocycles. The van der Waals surface area contributed by atoms with E-state index < -0.39 is 53.8 Å². The molecule has 3 nitrogen and oxygen atoms in total. The van der Waals surface area contributed by atoms with E-state index in [0.29, 0.717) is 22.5 Å². The molecule has 0 unspecified atom stereocenters. The van der Waals surface area contributed by atoms with Crippen molar-refractivity contribution in [1.82, 2.24) is 4.57 Å². The van der Waals surface area contributed by atoms with Gasteiger partial charge in [0.05, 0.1) is 41.8 Å². The monoisotopic (exact) mass is 1500 g/mol. The molecule has 0 atom stereocenters. The minimum absolute atomic E-state index is 0.0609. The van der Waals surface area contributed by atoms with Crippen molar-refractivity contribution >= 4 is 79.0 Å². The molecule has 0 bridgehead atoms. The molecule has 0 saturated carbocycles. The molecule has 2 aliphatic heterocycles. The van der Waals surface area contributed by atoms with E-state index in [4.69, 9.17) is 2.74 Å². The van der Waals surface area contributed by atoms with Gasteiger partial charge in [0.1, 0.15) is 0 Å². The molecule has 14 aromatic rings. The Kier molecular flexibility index (Phi) is 15.9. The number of benzene rings is 13. The van der Waals surface area contributed by atoms with Gasteiger partial charge in [0.15, 0.2) is 0 Å². The molecule has 0 fully saturated rings. The van der Waals surface area contributed by atoms with Crippen molar-refractivity contribution in [1.29, 1.82) is 0 Å². The van der Waals surface area contributed by atoms with Gasteiger partial charge in [0, 0.05) is 55.8 Å². The Morgan fingerprint density at radius 2 is 0.605 bits per heavy atom. The van der Waals surface area contributed by atoms with Crippen molar-refractivity contribution in [2.45, 2.75) is 209 Å². The van der Waals surface area contributed by atoms with Gasteiger partial charge in [0.2, 0.25) is 0 Å². The first-order valence-corrected chi connectivity index (χ1v) is 40.8. The molecule has 4 heteroatoms. The molecule has 0 radical (unpaired) electrons. The van der Waals surface area contributed by atoms with Crippen LogP contribution in [0.3, 0.4) is 0 Å². The summed E-state index contributed by atoms with van der Waals surface area (Å²) in [7, 11) is 0. The average molecular weight is 1500 g/mol. The SMILES string of the molecule is [2H]c1c([2H])c([2H])c(-c2ccc3c(c2)N(c2c(-c4ccc(C(C)(C)C)cc4)cccc2-c2cc(C(C)(C)C)cc(C(C)(C)C)c2)c2cc(-n4c5ccc(C(C)(C)C)cc5c5cc(C(C)(C)C)ccc54)cc4c2B3c2ccc(-c3c([2H])c([2H])c([2H])c([2H])c3[2H])cc2N4c2c(-c3ccc(C(C)(C)C)cc3)cccc2-c2c(C(C)(C)C)cccc2C(C)(C)C)c([2H])c1[2H]. The van der Waals surface area contributed by atoms with Crippen LogP contribution in [0.5, 0.6) is 0 Å². The van der Waals surface area contributed by atoms with Crippen LogP contribution in [-0.4, -0.2) is 11.3 Å². The van der Waals surface area contributed by atoms with Crippen LogP contribution in [0, 0.1) is 0 Å². The summed E-state index contributed by atoms with van der Waals surface area (Å²) < 4.78 is 97.4. The molecule has 0 amide bonds. The van der Waals surface area contributed by atoms with Gasteiger partial charge in [-0.15, -0.1) is 0 Å². The van der Waals surface area contributed by atoms with Gasteiger partial charge in [-0.25, -0.2) is 0 Å². The Morgan fingerprint density at radius 1 is 0.263 bits per heavy atom. The maximum Gasteiger partial charge on any atom is 0.252 e. The molecule has 0 saturated heterocycles. The summed E-state index contributed by atoms with van der Waals surface area (Å²) in [6, 6.07) is 72.3. The van der Waals surface area contributed by atoms with Crippen molar-refractivity contribution in [2.24, 2.45) is 0 Å². The molecule has 2 aliphatic rings. The summed E-state index contributed by atoms with van der Waals surface area (Å²) in [6.45, 7) is 53.9. The van der Waals surface area contributed by atoms with Crippen molar-refractivity contribution in [3.8, 4) is 72.4 Å². The predicted octanol–water partition coefficient (Wildman–Crippen LogP) is 29.2. The van der Waals surface area contributed by atoms with Gasteiger partial charge in [0.25, 0.3) is 6.71 Å². The second kappa shape index (κ2) is 27.5. The highest BCUT2D eigenvalue weighted by molar-refractivity contribution is 7.00. The van der Waals surface area contributed by atoms with Gasteiger partial charge < -0.3 is 14.4 Å². The summed E-state index contributed by atoms with van der Waals surface area (Å²) in [4.78, 5) is 4.95. The normalized spacial score (nSPS) is 14.8. The van der Waals surface area contributed by atoms with Gasteiger partial charge in [-0.05, 0) is 197 Å². The van der Waals surface area contributed by atoms with E-state index in [2.05, 4.69) is 375 Å². The number of rotatable bonds is 9. The molecule has 0 spiro atoms. The van der Waals surface area contributed by atoms with Crippen LogP contribution in [-0.2, 0) is 43.3 Å². The fourth-order valence-corrected chi connectivity index (χ4v) is 17.4. The number of fused-ring (bicyclic) bond motifs is 7. The number of anilines is 6. The summed E-state index contributed by atoms with van der Waals surface area (Å²) in [5, 5.41) is 2.18. The fourth-order valence-electron chi connectivity index (χ4n) is 17.4. The third kappa shape index (κ3) is 13.9. The predicted molar refractivity (Wildman–Crippen MR) is 497 cm³/mol. The maximum absolute atomic E-state index is 9.90. The highest BCUT2D eigenvalue weighted by Crippen LogP contribution is 2.57. The largest absolute Gasteiger partial charge is 0.310 e. The first-order chi connectivity index (χ1) is 57.7. The second-order valence-corrected chi connectivity index (χ2v) is 40.4. The van der Waals surface area contributed by atoms with E-state index in [9.17, 15) is 11.0 Å². The zero-order chi connectivity index (χ0) is 89.8. The smallest absolute Gasteiger partial charge is 0.252 e. The lowest BCUT2D eigenvalue weighted by molar-refractivity contribution is 0.569. The van der Waals surface area contributed by atoms with Crippen molar-refractivity contribution in [2.75, 3.05) is 9.80 Å². The number of aromatic nitrogens is 1. The van der Waals surface area contributed by atoms with Crippen LogP contribution < -0.4 is 26.2 Å². The van der Waals surface area contributed by atoms with Crippen LogP contribution in [0.25, 0.3) is 94.3 Å². The summed E-state index contributed by atoms with van der Waals surface area (Å²) in [5.74, 6) is 0. The van der Waals surface area contributed by atoms with E-state index in [-0.39, 0.29) is 67.8 Å². The van der Waals surface area contributed by atoms with Gasteiger partial charge in [-0.2, -0.15) is 0 Å². The lowest BCUT2D eigenvalue weighted by atomic mass is 9.33. The highest BCUT2D eigenvalue weighted by Gasteiger charge is 2.47. The number of para-hydroxylation sites is 2. The van der Waals surface area contributed by atoms with Crippen LogP contribution in [0.15, 0.2) is 267 Å². The van der Waals surface area contributed by atoms with Crippen LogP contribution in [0.2, 0.25) is 0 Å². The average Bonchev–Trinajstić information content (AvgIpc) is 0.852. The van der Waals surface area contributed by atoms with Crippen molar-refractivity contribution < 1.29 is 13.7 Å². The minimum atomic E-state index is -0.686. The topological polar surface area (TPSA) is 11.4 Å². The molecular weight excluding hydrogens is 1370 g/mol. The summed E-state index contributed by atoms with van der Waals surface area (Å²) in [5.41, 5.74) is 25.9. The van der Waals surface area contributed by atoms with E-state index in [1.165, 1.54) is 33.4 Å². The quantitative estimate of drug-likeness (QED) is 0.133. The summed E-state index contributed by atoms with van der Waals surface area (Å²) >= 11 is 0. The first-order valence-electron chi connectivity index (χ1n) is 45.8. The van der Waals surface area contributed by atoms with Gasteiger partial charge in [-0.3, -0.25) is 0 Å². The molecule has 1 aromatic heterocycles. The fraction of sp³-hybridized carbons (Fsp3) is 0.291. The Balaban J connectivity index is 1.20. The molecular formula is C110H116BN3. The van der Waals surface area contributed by atoms with Gasteiger partial charge in [-0.1, -0.05) is 384 Å². The van der Waals surface area contributed by atoms with Crippen LogP contribution in [0.4, 0.5) is 34.1 Å². The molecule has 0 aliphatic carbocycles. The zero-order valence-corrected chi connectivity index (χ0v) is 71.5. The lowest BCUT2D eigenvalue weighted by Crippen LogP contribution is -2.61. The third-order valence-corrected chi connectivity index (χ3v) is 24.0. The molecule has 114 heavy (non-hydrogen) atoms. The number of nitrogens with zero attached hydrogens (tertiary/aromatic N) is 3. The number of hydrogen-bond acceptors (Lipinski definition) is 2. The summed E-state index contributed by atoms with van der Waals surface area (Å²) in [6.07, 6.45) is 0. The Hall–Kier alpha value is -10.7. The van der Waals surface area contributed by atoms with E-state index in [0.717, 1.165) is 122 Å². The second-order valence-electron chi connectivity index (χ2n) is 40.4.